The average Bonchev–Trinajstić information content (AvgIpc) is 2.54. The molecular weight excluding hydrogens is 284 g/mol. The van der Waals surface area contributed by atoms with Crippen LogP contribution in [0.5, 0.6) is 5.75 Å². The van der Waals surface area contributed by atoms with Gasteiger partial charge in [0.25, 0.3) is 11.6 Å². The number of nitrogens with zero attached hydrogens (tertiary/aromatic N) is 1. The number of hydrogen-bond acceptors (Lipinski definition) is 4. The average molecular weight is 300 g/mol. The Hall–Kier alpha value is -2.89. The van der Waals surface area contributed by atoms with Crippen molar-refractivity contribution in [2.24, 2.45) is 0 Å². The predicted molar refractivity (Wildman–Crippen MR) is 83.0 cm³/mol. The zero-order valence-corrected chi connectivity index (χ0v) is 12.1. The second-order valence-corrected chi connectivity index (χ2v) is 4.64. The fourth-order valence-electron chi connectivity index (χ4n) is 1.83. The number of anilines is 1. The van der Waals surface area contributed by atoms with E-state index in [1.165, 1.54) is 29.8 Å². The van der Waals surface area contributed by atoms with E-state index in [-0.39, 0.29) is 18.2 Å². The molecule has 0 aliphatic rings. The third-order valence-electron chi connectivity index (χ3n) is 3.06. The quantitative estimate of drug-likeness (QED) is 0.656. The highest BCUT2D eigenvalue weighted by Crippen LogP contribution is 2.16. The van der Waals surface area contributed by atoms with Crippen LogP contribution in [0.15, 0.2) is 48.5 Å². The lowest BCUT2D eigenvalue weighted by molar-refractivity contribution is -0.384. The first-order valence-electron chi connectivity index (χ1n) is 6.84. The van der Waals surface area contributed by atoms with E-state index in [0.29, 0.717) is 11.4 Å². The summed E-state index contributed by atoms with van der Waals surface area (Å²) in [6.45, 7) is 1.94. The van der Waals surface area contributed by atoms with Gasteiger partial charge in [-0.25, -0.2) is 0 Å². The molecule has 6 nitrogen and oxygen atoms in total. The van der Waals surface area contributed by atoms with Gasteiger partial charge in [0, 0.05) is 17.8 Å². The van der Waals surface area contributed by atoms with E-state index >= 15 is 0 Å². The summed E-state index contributed by atoms with van der Waals surface area (Å²) in [6, 6.07) is 13.2. The lowest BCUT2D eigenvalue weighted by Crippen LogP contribution is -2.20. The second-order valence-electron chi connectivity index (χ2n) is 4.64. The normalized spacial score (nSPS) is 10.0. The first-order valence-corrected chi connectivity index (χ1v) is 6.84. The smallest absolute Gasteiger partial charge is 0.269 e. The van der Waals surface area contributed by atoms with Gasteiger partial charge in [-0.1, -0.05) is 19.1 Å². The molecule has 0 heterocycles. The van der Waals surface area contributed by atoms with Gasteiger partial charge in [0.1, 0.15) is 5.75 Å². The number of carbonyl (C=O) groups excluding carboxylic acids is 1. The van der Waals surface area contributed by atoms with Crippen molar-refractivity contribution >= 4 is 17.3 Å². The molecule has 0 fully saturated rings. The Kier molecular flexibility index (Phi) is 5.08. The Balaban J connectivity index is 1.85. The zero-order chi connectivity index (χ0) is 15.9. The molecule has 0 spiro atoms. The molecule has 2 rings (SSSR count). The number of nitro benzene ring substituents is 1. The topological polar surface area (TPSA) is 81.5 Å². The van der Waals surface area contributed by atoms with Crippen molar-refractivity contribution in [2.45, 2.75) is 13.3 Å². The van der Waals surface area contributed by atoms with Crippen molar-refractivity contribution in [3.05, 3.63) is 64.2 Å². The van der Waals surface area contributed by atoms with Gasteiger partial charge < -0.3 is 10.1 Å². The number of nitro groups is 1. The largest absolute Gasteiger partial charge is 0.484 e. The molecule has 6 heteroatoms. The molecule has 0 saturated heterocycles. The number of rotatable bonds is 6. The summed E-state index contributed by atoms with van der Waals surface area (Å²) >= 11 is 0. The Bertz CT molecular complexity index is 651. The summed E-state index contributed by atoms with van der Waals surface area (Å²) in [5.41, 5.74) is 1.66. The highest BCUT2D eigenvalue weighted by atomic mass is 16.6. The van der Waals surface area contributed by atoms with Crippen molar-refractivity contribution in [1.82, 2.24) is 0 Å². The van der Waals surface area contributed by atoms with Crippen LogP contribution in [0.25, 0.3) is 0 Å². The van der Waals surface area contributed by atoms with Gasteiger partial charge in [-0.15, -0.1) is 0 Å². The molecule has 0 atom stereocenters. The van der Waals surface area contributed by atoms with Crippen LogP contribution in [0.2, 0.25) is 0 Å². The number of aryl methyl sites for hydroxylation is 1. The molecule has 2 aromatic rings. The Morgan fingerprint density at radius 3 is 2.32 bits per heavy atom. The molecule has 22 heavy (non-hydrogen) atoms. The minimum atomic E-state index is -0.491. The van der Waals surface area contributed by atoms with Crippen LogP contribution in [0, 0.1) is 10.1 Å². The van der Waals surface area contributed by atoms with Crippen LogP contribution in [0.1, 0.15) is 12.5 Å². The van der Waals surface area contributed by atoms with Gasteiger partial charge in [-0.05, 0) is 36.2 Å². The van der Waals surface area contributed by atoms with E-state index in [1.54, 1.807) is 0 Å². The molecule has 1 N–H and O–H groups in total. The van der Waals surface area contributed by atoms with Gasteiger partial charge in [-0.2, -0.15) is 0 Å². The van der Waals surface area contributed by atoms with E-state index in [1.807, 2.05) is 24.3 Å². The van der Waals surface area contributed by atoms with Crippen molar-refractivity contribution in [1.29, 1.82) is 0 Å². The molecule has 0 unspecified atom stereocenters. The van der Waals surface area contributed by atoms with Crippen molar-refractivity contribution in [3.8, 4) is 5.75 Å². The van der Waals surface area contributed by atoms with Crippen molar-refractivity contribution in [2.75, 3.05) is 11.9 Å². The molecular formula is C16H16N2O4. The van der Waals surface area contributed by atoms with E-state index in [4.69, 9.17) is 4.74 Å². The highest BCUT2D eigenvalue weighted by molar-refractivity contribution is 5.91. The van der Waals surface area contributed by atoms with Crippen LogP contribution in [-0.2, 0) is 11.2 Å². The van der Waals surface area contributed by atoms with E-state index < -0.39 is 4.92 Å². The van der Waals surface area contributed by atoms with Crippen LogP contribution in [0.4, 0.5) is 11.4 Å². The lowest BCUT2D eigenvalue weighted by atomic mass is 10.2. The summed E-state index contributed by atoms with van der Waals surface area (Å²) in [7, 11) is 0. The molecule has 114 valence electrons. The van der Waals surface area contributed by atoms with Crippen LogP contribution in [-0.4, -0.2) is 17.4 Å². The molecule has 0 aliphatic heterocycles. The van der Waals surface area contributed by atoms with Crippen LogP contribution < -0.4 is 10.1 Å². The number of hydrogen-bond donors (Lipinski definition) is 1. The van der Waals surface area contributed by atoms with Crippen molar-refractivity contribution in [3.63, 3.8) is 0 Å². The van der Waals surface area contributed by atoms with E-state index in [0.717, 1.165) is 6.42 Å². The minimum absolute atomic E-state index is 0.0229. The van der Waals surface area contributed by atoms with Gasteiger partial charge >= 0.3 is 0 Å². The third kappa shape index (κ3) is 4.31. The summed E-state index contributed by atoms with van der Waals surface area (Å²) in [6.07, 6.45) is 0.945. The number of ether oxygens (including phenoxy) is 1. The number of carbonyl (C=O) groups is 1. The van der Waals surface area contributed by atoms with Crippen molar-refractivity contribution < 1.29 is 14.5 Å². The molecule has 0 bridgehead atoms. The fourth-order valence-corrected chi connectivity index (χ4v) is 1.83. The second kappa shape index (κ2) is 7.21. The molecule has 0 aromatic heterocycles. The van der Waals surface area contributed by atoms with E-state index in [9.17, 15) is 14.9 Å². The summed E-state index contributed by atoms with van der Waals surface area (Å²) in [4.78, 5) is 21.8. The molecule has 1 amide bonds. The maximum atomic E-state index is 11.8. The molecule has 0 aliphatic carbocycles. The number of benzene rings is 2. The van der Waals surface area contributed by atoms with Crippen LogP contribution in [0.3, 0.4) is 0 Å². The van der Waals surface area contributed by atoms with Crippen LogP contribution >= 0.6 is 0 Å². The maximum absolute atomic E-state index is 11.8. The predicted octanol–water partition coefficient (Wildman–Crippen LogP) is 3.17. The van der Waals surface area contributed by atoms with Gasteiger partial charge in [0.15, 0.2) is 6.61 Å². The standard InChI is InChI=1S/C16H16N2O4/c1-2-12-3-9-15(10-4-12)22-11-16(19)17-13-5-7-14(8-6-13)18(20)21/h3-10H,2,11H2,1H3,(H,17,19). The van der Waals surface area contributed by atoms with Gasteiger partial charge in [-0.3, -0.25) is 14.9 Å². The Labute approximate surface area is 127 Å². The monoisotopic (exact) mass is 300 g/mol. The minimum Gasteiger partial charge on any atom is -0.484 e. The number of nitrogens with one attached hydrogen (secondary N) is 1. The summed E-state index contributed by atoms with van der Waals surface area (Å²) in [5, 5.41) is 13.2. The fraction of sp³-hybridized carbons (Fsp3) is 0.188. The Morgan fingerprint density at radius 1 is 1.14 bits per heavy atom. The lowest BCUT2D eigenvalue weighted by Gasteiger charge is -2.08. The molecule has 0 saturated carbocycles. The van der Waals surface area contributed by atoms with Gasteiger partial charge in [0.05, 0.1) is 4.92 Å². The number of non-ortho nitro benzene ring substituents is 1. The van der Waals surface area contributed by atoms with Gasteiger partial charge in [0.2, 0.25) is 0 Å². The molecule has 0 radical (unpaired) electrons. The Morgan fingerprint density at radius 2 is 1.77 bits per heavy atom. The summed E-state index contributed by atoms with van der Waals surface area (Å²) < 4.78 is 5.38. The first kappa shape index (κ1) is 15.5. The zero-order valence-electron chi connectivity index (χ0n) is 12.1. The SMILES string of the molecule is CCc1ccc(OCC(=O)Nc2ccc([N+](=O)[O-])cc2)cc1. The first-order chi connectivity index (χ1) is 10.6. The summed E-state index contributed by atoms with van der Waals surface area (Å²) in [5.74, 6) is 0.296. The molecule has 2 aromatic carbocycles. The highest BCUT2D eigenvalue weighted by Gasteiger charge is 2.07. The van der Waals surface area contributed by atoms with E-state index in [2.05, 4.69) is 12.2 Å². The number of amides is 1. The maximum Gasteiger partial charge on any atom is 0.269 e. The third-order valence-corrected chi connectivity index (χ3v) is 3.06.